The molecule has 1 aromatic heterocycles. The molecule has 0 radical (unpaired) electrons. The Morgan fingerprint density at radius 1 is 1.43 bits per heavy atom. The van der Waals surface area contributed by atoms with Crippen LogP contribution in [0.15, 0.2) is 17.1 Å². The van der Waals surface area contributed by atoms with Gasteiger partial charge in [-0.1, -0.05) is 6.92 Å². The van der Waals surface area contributed by atoms with Crippen LogP contribution in [0, 0.1) is 5.92 Å². The molecule has 0 unspecified atom stereocenters. The summed E-state index contributed by atoms with van der Waals surface area (Å²) in [6.45, 7) is 2.50. The number of nitrogens with one attached hydrogen (secondary N) is 1. The van der Waals surface area contributed by atoms with Gasteiger partial charge in [0.2, 0.25) is 5.91 Å². The van der Waals surface area contributed by atoms with Crippen LogP contribution in [0.3, 0.4) is 0 Å². The maximum atomic E-state index is 12.8. The van der Waals surface area contributed by atoms with E-state index in [1.807, 2.05) is 18.7 Å². The number of rotatable bonds is 6. The smallest absolute Gasteiger partial charge is 0.255 e. The van der Waals surface area contributed by atoms with Crippen LogP contribution in [-0.4, -0.2) is 52.9 Å². The van der Waals surface area contributed by atoms with Gasteiger partial charge >= 0.3 is 0 Å². The molecule has 0 atom stereocenters. The lowest BCUT2D eigenvalue weighted by atomic mass is 10.1. The number of thioether (sulfide) groups is 1. The number of nitrogens with zero attached hydrogens (tertiary/aromatic N) is 2. The van der Waals surface area contributed by atoms with Crippen molar-refractivity contribution in [2.45, 2.75) is 13.3 Å². The third kappa shape index (κ3) is 4.16. The van der Waals surface area contributed by atoms with Crippen molar-refractivity contribution in [3.63, 3.8) is 0 Å². The summed E-state index contributed by atoms with van der Waals surface area (Å²) in [6, 6.07) is 1.65. The van der Waals surface area contributed by atoms with Crippen LogP contribution >= 0.6 is 11.8 Å². The van der Waals surface area contributed by atoms with E-state index in [2.05, 4.69) is 5.32 Å². The second-order valence-corrected chi connectivity index (χ2v) is 6.86. The Morgan fingerprint density at radius 3 is 2.65 bits per heavy atom. The molecule has 23 heavy (non-hydrogen) atoms. The molecule has 2 rings (SSSR count). The fourth-order valence-electron chi connectivity index (χ4n) is 2.51. The van der Waals surface area contributed by atoms with E-state index in [1.165, 1.54) is 4.57 Å². The van der Waals surface area contributed by atoms with Gasteiger partial charge in [0.15, 0.2) is 0 Å². The molecule has 0 spiro atoms. The van der Waals surface area contributed by atoms with Crippen molar-refractivity contribution in [2.75, 3.05) is 31.6 Å². The maximum Gasteiger partial charge on any atom is 0.255 e. The molecule has 0 bridgehead atoms. The number of carbonyl (C=O) groups is 2. The second-order valence-electron chi connectivity index (χ2n) is 5.79. The molecule has 1 aromatic rings. The Labute approximate surface area is 140 Å². The molecule has 2 heterocycles. The Hall–Kier alpha value is -1.76. The Kier molecular flexibility index (Phi) is 5.87. The molecule has 0 aromatic carbocycles. The highest BCUT2D eigenvalue weighted by molar-refractivity contribution is 8.00. The lowest BCUT2D eigenvalue weighted by Crippen LogP contribution is -2.44. The number of aromatic nitrogens is 1. The molecule has 1 fully saturated rings. The molecule has 1 aliphatic rings. The highest BCUT2D eigenvalue weighted by Crippen LogP contribution is 2.25. The zero-order valence-corrected chi connectivity index (χ0v) is 14.6. The predicted octanol–water partition coefficient (Wildman–Crippen LogP) is 0.499. The number of amides is 2. The third-order valence-corrected chi connectivity index (χ3v) is 5.39. The first-order chi connectivity index (χ1) is 11.0. The van der Waals surface area contributed by atoms with Crippen molar-refractivity contribution < 1.29 is 9.59 Å². The first kappa shape index (κ1) is 17.6. The summed E-state index contributed by atoms with van der Waals surface area (Å²) in [5, 5.41) is 2.56. The van der Waals surface area contributed by atoms with E-state index < -0.39 is 0 Å². The zero-order chi connectivity index (χ0) is 17.0. The molecule has 126 valence electrons. The van der Waals surface area contributed by atoms with Crippen molar-refractivity contribution >= 4 is 23.6 Å². The van der Waals surface area contributed by atoms with Crippen molar-refractivity contribution in [2.24, 2.45) is 13.0 Å². The molecular weight excluding hydrogens is 314 g/mol. The lowest BCUT2D eigenvalue weighted by molar-refractivity contribution is -0.121. The summed E-state index contributed by atoms with van der Waals surface area (Å²) in [6.07, 6.45) is 2.12. The van der Waals surface area contributed by atoms with Crippen LogP contribution < -0.4 is 10.9 Å². The van der Waals surface area contributed by atoms with E-state index in [0.717, 1.165) is 11.5 Å². The van der Waals surface area contributed by atoms with E-state index in [4.69, 9.17) is 0 Å². The van der Waals surface area contributed by atoms with Crippen LogP contribution in [0.5, 0.6) is 0 Å². The minimum absolute atomic E-state index is 0.0425. The van der Waals surface area contributed by atoms with Gasteiger partial charge in [0, 0.05) is 32.4 Å². The first-order valence-corrected chi connectivity index (χ1v) is 8.88. The molecule has 0 aliphatic carbocycles. The van der Waals surface area contributed by atoms with Gasteiger partial charge in [0.05, 0.1) is 12.1 Å². The molecule has 2 amide bonds. The molecule has 1 N–H and O–H groups in total. The maximum absolute atomic E-state index is 12.8. The van der Waals surface area contributed by atoms with Crippen LogP contribution in [0.2, 0.25) is 0 Å². The predicted molar refractivity (Wildman–Crippen MR) is 91.8 cm³/mol. The third-order valence-electron chi connectivity index (χ3n) is 3.97. The normalized spacial score (nSPS) is 14.2. The fraction of sp³-hybridized carbons (Fsp3) is 0.562. The Balaban J connectivity index is 2.26. The quantitative estimate of drug-likeness (QED) is 0.820. The van der Waals surface area contributed by atoms with E-state index in [9.17, 15) is 14.4 Å². The minimum Gasteiger partial charge on any atom is -0.358 e. The van der Waals surface area contributed by atoms with E-state index >= 15 is 0 Å². The second kappa shape index (κ2) is 7.68. The summed E-state index contributed by atoms with van der Waals surface area (Å²) in [5.41, 5.74) is 0.981. The number of aryl methyl sites for hydroxylation is 2. The van der Waals surface area contributed by atoms with Crippen LogP contribution in [-0.2, 0) is 18.3 Å². The lowest BCUT2D eigenvalue weighted by Gasteiger charge is -2.31. The summed E-state index contributed by atoms with van der Waals surface area (Å²) >= 11 is 1.85. The van der Waals surface area contributed by atoms with Gasteiger partial charge in [-0.05, 0) is 29.9 Å². The number of hydrogen-bond acceptors (Lipinski definition) is 4. The molecular formula is C16H23N3O3S. The van der Waals surface area contributed by atoms with Crippen LogP contribution in [0.1, 0.15) is 22.8 Å². The van der Waals surface area contributed by atoms with Gasteiger partial charge in [-0.25, -0.2) is 0 Å². The SMILES string of the molecule is CCc1cc(C(=O)N(CC(=O)NC)CC2CSC2)cn(C)c1=O. The molecule has 1 aliphatic heterocycles. The van der Waals surface area contributed by atoms with Gasteiger partial charge in [-0.15, -0.1) is 0 Å². The first-order valence-electron chi connectivity index (χ1n) is 7.73. The van der Waals surface area contributed by atoms with E-state index in [0.29, 0.717) is 30.0 Å². The van der Waals surface area contributed by atoms with Crippen molar-refractivity contribution in [3.8, 4) is 0 Å². The van der Waals surface area contributed by atoms with Gasteiger partial charge in [0.1, 0.15) is 0 Å². The molecule has 1 saturated heterocycles. The fourth-order valence-corrected chi connectivity index (χ4v) is 3.29. The van der Waals surface area contributed by atoms with Crippen molar-refractivity contribution in [1.82, 2.24) is 14.8 Å². The summed E-state index contributed by atoms with van der Waals surface area (Å²) in [7, 11) is 3.20. The monoisotopic (exact) mass is 337 g/mol. The summed E-state index contributed by atoms with van der Waals surface area (Å²) < 4.78 is 1.43. The standard InChI is InChI=1S/C16H23N3O3S/c1-4-12-5-13(7-18(3)15(12)21)16(22)19(8-14(20)17-2)6-11-9-23-10-11/h5,7,11H,4,6,8-10H2,1-3H3,(H,17,20). The Morgan fingerprint density at radius 2 is 2.13 bits per heavy atom. The van der Waals surface area contributed by atoms with E-state index in [-0.39, 0.29) is 23.9 Å². The van der Waals surface area contributed by atoms with Crippen LogP contribution in [0.4, 0.5) is 0 Å². The molecule has 7 heteroatoms. The summed E-state index contributed by atoms with van der Waals surface area (Å²) in [5.74, 6) is 2.09. The molecule has 0 saturated carbocycles. The topological polar surface area (TPSA) is 71.4 Å². The van der Waals surface area contributed by atoms with Gasteiger partial charge < -0.3 is 14.8 Å². The van der Waals surface area contributed by atoms with Gasteiger partial charge in [-0.3, -0.25) is 14.4 Å². The average molecular weight is 337 g/mol. The number of hydrogen-bond donors (Lipinski definition) is 1. The number of carbonyl (C=O) groups excluding carboxylic acids is 2. The highest BCUT2D eigenvalue weighted by Gasteiger charge is 2.26. The van der Waals surface area contributed by atoms with Crippen molar-refractivity contribution in [1.29, 1.82) is 0 Å². The largest absolute Gasteiger partial charge is 0.358 e. The summed E-state index contributed by atoms with van der Waals surface area (Å²) in [4.78, 5) is 38.1. The number of likely N-dealkylation sites (N-methyl/N-ethyl adjacent to an activating group) is 1. The minimum atomic E-state index is -0.198. The van der Waals surface area contributed by atoms with Crippen LogP contribution in [0.25, 0.3) is 0 Å². The van der Waals surface area contributed by atoms with Gasteiger partial charge in [0.25, 0.3) is 11.5 Å². The molecule has 6 nitrogen and oxygen atoms in total. The Bertz CT molecular complexity index is 652. The zero-order valence-electron chi connectivity index (χ0n) is 13.8. The van der Waals surface area contributed by atoms with E-state index in [1.54, 1.807) is 31.3 Å². The number of pyridine rings is 1. The van der Waals surface area contributed by atoms with Gasteiger partial charge in [-0.2, -0.15) is 11.8 Å². The van der Waals surface area contributed by atoms with Crippen molar-refractivity contribution in [3.05, 3.63) is 33.7 Å². The average Bonchev–Trinajstić information content (AvgIpc) is 2.50. The highest BCUT2D eigenvalue weighted by atomic mass is 32.2.